The van der Waals surface area contributed by atoms with Crippen LogP contribution in [0.3, 0.4) is 0 Å². The molecule has 13 heteroatoms. The Labute approximate surface area is 212 Å². The number of aryl methyl sites for hydroxylation is 1. The number of piperidine rings is 1. The largest absolute Gasteiger partial charge is 0.444 e. The van der Waals surface area contributed by atoms with E-state index >= 15 is 0 Å². The number of aromatic nitrogens is 7. The van der Waals surface area contributed by atoms with Crippen molar-refractivity contribution >= 4 is 39.8 Å². The van der Waals surface area contributed by atoms with Crippen LogP contribution in [-0.2, 0) is 4.74 Å². The van der Waals surface area contributed by atoms with Crippen LogP contribution in [0.1, 0.15) is 26.6 Å². The van der Waals surface area contributed by atoms with Gasteiger partial charge in [0, 0.05) is 38.0 Å². The SMILES string of the molecule is CNc1ncnc2c1[nH]c1nc(Oc3cnc(C)nc3)nc(N3CC4C(C3)C4NC(=O)OC(C)(C)C)c12. The summed E-state index contributed by atoms with van der Waals surface area (Å²) < 4.78 is 11.4. The lowest BCUT2D eigenvalue weighted by Gasteiger charge is -2.23. The van der Waals surface area contributed by atoms with Crippen molar-refractivity contribution in [1.82, 2.24) is 40.2 Å². The molecule has 192 valence electrons. The van der Waals surface area contributed by atoms with Gasteiger partial charge in [0.1, 0.15) is 40.3 Å². The van der Waals surface area contributed by atoms with Crippen LogP contribution >= 0.6 is 0 Å². The maximum absolute atomic E-state index is 12.3. The molecule has 1 aliphatic carbocycles. The highest BCUT2D eigenvalue weighted by atomic mass is 16.6. The van der Waals surface area contributed by atoms with E-state index in [-0.39, 0.29) is 18.1 Å². The smallest absolute Gasteiger partial charge is 0.407 e. The standard InChI is InChI=1S/C24H28N10O3/c1-11-26-6-12(7-27-11)36-22-32-19-15(17-18(30-19)20(25-5)29-10-28-17)21(33-22)34-8-13-14(9-34)16(13)31-23(35)37-24(2,3)4/h6-7,10,13-14,16H,8-9H2,1-5H3,(H,31,35)(H,25,28,29)(H,30,32,33). The van der Waals surface area contributed by atoms with Gasteiger partial charge in [-0.1, -0.05) is 0 Å². The minimum absolute atomic E-state index is 0.0880. The summed E-state index contributed by atoms with van der Waals surface area (Å²) in [5, 5.41) is 6.90. The molecule has 4 aromatic rings. The molecule has 0 radical (unpaired) electrons. The number of ether oxygens (including phenoxy) is 2. The summed E-state index contributed by atoms with van der Waals surface area (Å²) in [4.78, 5) is 44.4. The van der Waals surface area contributed by atoms with Gasteiger partial charge in [-0.05, 0) is 27.7 Å². The maximum atomic E-state index is 12.3. The molecule has 1 aliphatic heterocycles. The Bertz CT molecular complexity index is 1480. The van der Waals surface area contributed by atoms with Crippen molar-refractivity contribution in [3.63, 3.8) is 0 Å². The van der Waals surface area contributed by atoms with Crippen LogP contribution in [0.15, 0.2) is 18.7 Å². The molecule has 0 aromatic carbocycles. The molecule has 1 saturated carbocycles. The molecule has 2 atom stereocenters. The minimum atomic E-state index is -0.533. The fraction of sp³-hybridized carbons (Fsp3) is 0.458. The lowest BCUT2D eigenvalue weighted by Crippen LogP contribution is -2.38. The maximum Gasteiger partial charge on any atom is 0.407 e. The molecule has 6 rings (SSSR count). The molecule has 3 N–H and O–H groups in total. The zero-order valence-corrected chi connectivity index (χ0v) is 21.2. The zero-order valence-electron chi connectivity index (χ0n) is 21.2. The first kappa shape index (κ1) is 23.1. The van der Waals surface area contributed by atoms with Crippen LogP contribution in [-0.4, -0.2) is 72.8 Å². The highest BCUT2D eigenvalue weighted by Crippen LogP contribution is 2.48. The molecular formula is C24H28N10O3. The molecule has 37 heavy (non-hydrogen) atoms. The highest BCUT2D eigenvalue weighted by Gasteiger charge is 2.57. The highest BCUT2D eigenvalue weighted by molar-refractivity contribution is 6.11. The summed E-state index contributed by atoms with van der Waals surface area (Å²) in [6.45, 7) is 8.82. The van der Waals surface area contributed by atoms with Crippen LogP contribution < -0.4 is 20.3 Å². The summed E-state index contributed by atoms with van der Waals surface area (Å²) in [6.07, 6.45) is 4.31. The Morgan fingerprint density at radius 2 is 1.84 bits per heavy atom. The van der Waals surface area contributed by atoms with E-state index in [0.717, 1.165) is 29.5 Å². The van der Waals surface area contributed by atoms with Crippen molar-refractivity contribution in [2.75, 3.05) is 30.4 Å². The molecule has 4 aromatic heterocycles. The second kappa shape index (κ2) is 8.39. The van der Waals surface area contributed by atoms with Gasteiger partial charge in [0.25, 0.3) is 0 Å². The monoisotopic (exact) mass is 504 g/mol. The zero-order chi connectivity index (χ0) is 25.9. The quantitative estimate of drug-likeness (QED) is 0.367. The fourth-order valence-corrected chi connectivity index (χ4v) is 4.91. The molecule has 5 heterocycles. The average molecular weight is 505 g/mol. The molecule has 2 fully saturated rings. The van der Waals surface area contributed by atoms with E-state index < -0.39 is 5.60 Å². The molecule has 1 amide bonds. The third-order valence-electron chi connectivity index (χ3n) is 6.58. The van der Waals surface area contributed by atoms with Crippen molar-refractivity contribution in [2.24, 2.45) is 11.8 Å². The first-order valence-electron chi connectivity index (χ1n) is 12.1. The van der Waals surface area contributed by atoms with Crippen molar-refractivity contribution in [3.8, 4) is 11.8 Å². The number of hydrogen-bond donors (Lipinski definition) is 3. The first-order valence-corrected chi connectivity index (χ1v) is 12.1. The Morgan fingerprint density at radius 1 is 1.11 bits per heavy atom. The molecule has 1 saturated heterocycles. The first-order chi connectivity index (χ1) is 17.7. The Hall–Kier alpha value is -4.29. The summed E-state index contributed by atoms with van der Waals surface area (Å²) >= 11 is 0. The lowest BCUT2D eigenvalue weighted by molar-refractivity contribution is 0.0518. The summed E-state index contributed by atoms with van der Waals surface area (Å²) in [6, 6.07) is 0.259. The van der Waals surface area contributed by atoms with Gasteiger partial charge < -0.3 is 30.0 Å². The predicted molar refractivity (Wildman–Crippen MR) is 136 cm³/mol. The van der Waals surface area contributed by atoms with E-state index in [1.54, 1.807) is 26.4 Å². The molecule has 2 aliphatic rings. The van der Waals surface area contributed by atoms with E-state index in [9.17, 15) is 4.79 Å². The molecule has 13 nitrogen and oxygen atoms in total. The number of H-pyrrole nitrogens is 1. The van der Waals surface area contributed by atoms with Crippen molar-refractivity contribution in [1.29, 1.82) is 0 Å². The summed E-state index contributed by atoms with van der Waals surface area (Å²) in [5.41, 5.74) is 1.51. The van der Waals surface area contributed by atoms with Crippen molar-refractivity contribution in [3.05, 3.63) is 24.5 Å². The third kappa shape index (κ3) is 4.30. The number of amides is 1. The number of fused-ring (bicyclic) bond motifs is 4. The van der Waals surface area contributed by atoms with Crippen LogP contribution in [0, 0.1) is 18.8 Å². The van der Waals surface area contributed by atoms with Crippen LogP contribution in [0.25, 0.3) is 22.1 Å². The Kier molecular flexibility index (Phi) is 5.24. The van der Waals surface area contributed by atoms with E-state index in [1.165, 1.54) is 6.33 Å². The second-order valence-electron chi connectivity index (χ2n) is 10.3. The van der Waals surface area contributed by atoms with Gasteiger partial charge in [0.05, 0.1) is 17.8 Å². The van der Waals surface area contributed by atoms with E-state index in [1.807, 2.05) is 20.8 Å². The number of carbonyl (C=O) groups excluding carboxylic acids is 1. The summed E-state index contributed by atoms with van der Waals surface area (Å²) in [5.74, 6) is 3.07. The van der Waals surface area contributed by atoms with Gasteiger partial charge in [-0.15, -0.1) is 0 Å². The number of hydrogen-bond acceptors (Lipinski definition) is 11. The number of rotatable bonds is 5. The normalized spacial score (nSPS) is 20.7. The van der Waals surface area contributed by atoms with Crippen molar-refractivity contribution in [2.45, 2.75) is 39.3 Å². The van der Waals surface area contributed by atoms with Gasteiger partial charge in [0.15, 0.2) is 11.6 Å². The number of nitrogens with one attached hydrogen (secondary N) is 3. The Morgan fingerprint density at radius 3 is 2.51 bits per heavy atom. The van der Waals surface area contributed by atoms with Crippen LogP contribution in [0.4, 0.5) is 16.4 Å². The topological polar surface area (TPSA) is 156 Å². The van der Waals surface area contributed by atoms with E-state index in [4.69, 9.17) is 14.5 Å². The summed E-state index contributed by atoms with van der Waals surface area (Å²) in [7, 11) is 1.80. The van der Waals surface area contributed by atoms with Gasteiger partial charge >= 0.3 is 12.1 Å². The average Bonchev–Trinajstić information content (AvgIpc) is 3.18. The van der Waals surface area contributed by atoms with Gasteiger partial charge in [-0.2, -0.15) is 9.97 Å². The molecular weight excluding hydrogens is 476 g/mol. The van der Waals surface area contributed by atoms with Gasteiger partial charge in [-0.25, -0.2) is 24.7 Å². The minimum Gasteiger partial charge on any atom is -0.444 e. The molecule has 0 spiro atoms. The van der Waals surface area contributed by atoms with Crippen LogP contribution in [0.2, 0.25) is 0 Å². The molecule has 0 bridgehead atoms. The third-order valence-corrected chi connectivity index (χ3v) is 6.58. The number of alkyl carbamates (subject to hydrolysis) is 1. The van der Waals surface area contributed by atoms with E-state index in [2.05, 4.69) is 45.4 Å². The fourth-order valence-electron chi connectivity index (χ4n) is 4.91. The van der Waals surface area contributed by atoms with E-state index in [0.29, 0.717) is 40.7 Å². The van der Waals surface area contributed by atoms with Crippen molar-refractivity contribution < 1.29 is 14.3 Å². The number of anilines is 2. The van der Waals surface area contributed by atoms with Gasteiger partial charge in [0.2, 0.25) is 0 Å². The molecule has 2 unspecified atom stereocenters. The number of aromatic amines is 1. The second-order valence-corrected chi connectivity index (χ2v) is 10.3. The number of carbonyl (C=O) groups is 1. The predicted octanol–water partition coefficient (Wildman–Crippen LogP) is 2.79. The lowest BCUT2D eigenvalue weighted by atomic mass is 10.2. The van der Waals surface area contributed by atoms with Gasteiger partial charge in [-0.3, -0.25) is 0 Å². The number of nitrogens with zero attached hydrogens (tertiary/aromatic N) is 7. The van der Waals surface area contributed by atoms with Crippen LogP contribution in [0.5, 0.6) is 11.8 Å². The Balaban J connectivity index is 1.32.